The van der Waals surface area contributed by atoms with E-state index in [0.717, 1.165) is 18.7 Å². The van der Waals surface area contributed by atoms with E-state index >= 15 is 0 Å². The molecule has 0 spiro atoms. The number of nitrogens with zero attached hydrogens (tertiary/aromatic N) is 2. The third-order valence-corrected chi connectivity index (χ3v) is 4.45. The lowest BCUT2D eigenvalue weighted by molar-refractivity contribution is -0.384. The summed E-state index contributed by atoms with van der Waals surface area (Å²) in [6, 6.07) is 5.95. The Morgan fingerprint density at radius 2 is 2.05 bits per heavy atom. The van der Waals surface area contributed by atoms with Gasteiger partial charge in [0.15, 0.2) is 0 Å². The molecule has 1 aliphatic rings. The van der Waals surface area contributed by atoms with Gasteiger partial charge in [0.05, 0.1) is 4.92 Å². The summed E-state index contributed by atoms with van der Waals surface area (Å²) >= 11 is 0. The molecule has 0 heterocycles. The number of para-hydroxylation sites is 1. The normalized spacial score (nSPS) is 16.1. The Hall–Kier alpha value is -1.62. The first-order chi connectivity index (χ1) is 10.2. The molecule has 5 nitrogen and oxygen atoms in total. The van der Waals surface area contributed by atoms with Crippen molar-refractivity contribution in [3.63, 3.8) is 0 Å². The van der Waals surface area contributed by atoms with Crippen LogP contribution < -0.4 is 5.32 Å². The minimum absolute atomic E-state index is 0.162. The van der Waals surface area contributed by atoms with Gasteiger partial charge in [-0.3, -0.25) is 15.0 Å². The molecular formula is C16H25N3O2. The zero-order valence-corrected chi connectivity index (χ0v) is 13.0. The predicted octanol–water partition coefficient (Wildman–Crippen LogP) is 3.79. The summed E-state index contributed by atoms with van der Waals surface area (Å²) in [6.07, 6.45) is 6.44. The van der Waals surface area contributed by atoms with Crippen LogP contribution in [0.25, 0.3) is 0 Å². The zero-order valence-electron chi connectivity index (χ0n) is 13.0. The summed E-state index contributed by atoms with van der Waals surface area (Å²) in [6.45, 7) is 3.93. The molecule has 1 saturated carbocycles. The third kappa shape index (κ3) is 3.73. The van der Waals surface area contributed by atoms with Crippen LogP contribution >= 0.6 is 0 Å². The van der Waals surface area contributed by atoms with Crippen molar-refractivity contribution in [1.29, 1.82) is 0 Å². The summed E-state index contributed by atoms with van der Waals surface area (Å²) in [5, 5.41) is 14.2. The summed E-state index contributed by atoms with van der Waals surface area (Å²) in [5.74, 6) is 0. The fourth-order valence-corrected chi connectivity index (χ4v) is 3.32. The van der Waals surface area contributed by atoms with Gasteiger partial charge in [0.2, 0.25) is 0 Å². The number of nitrogens with one attached hydrogen (secondary N) is 1. The molecule has 1 fully saturated rings. The van der Waals surface area contributed by atoms with Crippen molar-refractivity contribution in [3.05, 3.63) is 33.9 Å². The molecule has 0 aromatic heterocycles. The number of rotatable bonds is 6. The van der Waals surface area contributed by atoms with E-state index in [9.17, 15) is 10.1 Å². The molecule has 0 aliphatic heterocycles. The van der Waals surface area contributed by atoms with Crippen molar-refractivity contribution >= 4 is 11.4 Å². The fraction of sp³-hybridized carbons (Fsp3) is 0.625. The molecule has 0 saturated heterocycles. The van der Waals surface area contributed by atoms with Gasteiger partial charge >= 0.3 is 0 Å². The maximum Gasteiger partial charge on any atom is 0.292 e. The number of nitro benzene ring substituents is 1. The van der Waals surface area contributed by atoms with Gasteiger partial charge in [-0.05, 0) is 24.9 Å². The monoisotopic (exact) mass is 291 g/mol. The Morgan fingerprint density at radius 1 is 1.33 bits per heavy atom. The first-order valence-corrected chi connectivity index (χ1v) is 7.85. The molecule has 1 aromatic carbocycles. The van der Waals surface area contributed by atoms with E-state index in [1.807, 2.05) is 6.07 Å². The van der Waals surface area contributed by atoms with E-state index in [1.165, 1.54) is 32.1 Å². The largest absolute Gasteiger partial charge is 0.382 e. The van der Waals surface area contributed by atoms with Gasteiger partial charge in [0.1, 0.15) is 5.69 Å². The van der Waals surface area contributed by atoms with Gasteiger partial charge in [-0.15, -0.1) is 0 Å². The highest BCUT2D eigenvalue weighted by Gasteiger charge is 2.23. The highest BCUT2D eigenvalue weighted by molar-refractivity contribution is 5.66. The Labute approximate surface area is 126 Å². The molecule has 0 radical (unpaired) electrons. The van der Waals surface area contributed by atoms with Gasteiger partial charge in [-0.2, -0.15) is 0 Å². The molecule has 116 valence electrons. The van der Waals surface area contributed by atoms with Crippen LogP contribution in [0.4, 0.5) is 11.4 Å². The zero-order chi connectivity index (χ0) is 15.2. The minimum Gasteiger partial charge on any atom is -0.382 e. The summed E-state index contributed by atoms with van der Waals surface area (Å²) in [7, 11) is 1.75. The molecule has 0 atom stereocenters. The molecule has 0 unspecified atom stereocenters. The molecule has 21 heavy (non-hydrogen) atoms. The lowest BCUT2D eigenvalue weighted by Crippen LogP contribution is -2.36. The molecule has 5 heteroatoms. The van der Waals surface area contributed by atoms with Crippen LogP contribution in [0.2, 0.25) is 0 Å². The van der Waals surface area contributed by atoms with E-state index in [0.29, 0.717) is 11.7 Å². The van der Waals surface area contributed by atoms with Crippen LogP contribution in [0.15, 0.2) is 18.2 Å². The fourth-order valence-electron chi connectivity index (χ4n) is 3.32. The van der Waals surface area contributed by atoms with Crippen LogP contribution in [0, 0.1) is 10.1 Å². The molecule has 2 rings (SSSR count). The summed E-state index contributed by atoms with van der Waals surface area (Å²) in [5.41, 5.74) is 1.82. The van der Waals surface area contributed by atoms with Crippen molar-refractivity contribution in [2.75, 3.05) is 18.9 Å². The Bertz CT molecular complexity index is 484. The average molecular weight is 291 g/mol. The van der Waals surface area contributed by atoms with Crippen molar-refractivity contribution in [1.82, 2.24) is 4.90 Å². The van der Waals surface area contributed by atoms with Crippen molar-refractivity contribution < 1.29 is 4.92 Å². The van der Waals surface area contributed by atoms with Gasteiger partial charge in [-0.25, -0.2) is 0 Å². The van der Waals surface area contributed by atoms with Crippen molar-refractivity contribution in [2.24, 2.45) is 0 Å². The number of hydrogen-bond donors (Lipinski definition) is 1. The maximum atomic E-state index is 11.1. The first-order valence-electron chi connectivity index (χ1n) is 7.85. The van der Waals surface area contributed by atoms with Crippen molar-refractivity contribution in [2.45, 2.75) is 51.6 Å². The van der Waals surface area contributed by atoms with Gasteiger partial charge < -0.3 is 5.32 Å². The number of hydrogen-bond acceptors (Lipinski definition) is 4. The van der Waals surface area contributed by atoms with Crippen LogP contribution in [0.1, 0.15) is 44.6 Å². The smallest absolute Gasteiger partial charge is 0.292 e. The lowest BCUT2D eigenvalue weighted by Gasteiger charge is -2.33. The van der Waals surface area contributed by atoms with Crippen LogP contribution in [0.3, 0.4) is 0 Å². The summed E-state index contributed by atoms with van der Waals surface area (Å²) in [4.78, 5) is 13.3. The van der Waals surface area contributed by atoms with Gasteiger partial charge in [0.25, 0.3) is 5.69 Å². The summed E-state index contributed by atoms with van der Waals surface area (Å²) < 4.78 is 0. The maximum absolute atomic E-state index is 11.1. The van der Waals surface area contributed by atoms with Gasteiger partial charge in [0, 0.05) is 25.7 Å². The van der Waals surface area contributed by atoms with E-state index in [2.05, 4.69) is 17.1 Å². The topological polar surface area (TPSA) is 58.4 Å². The standard InChI is InChI=1S/C16H25N3O2/c1-3-18(14-9-5-4-6-10-14)12-13-8-7-11-15(19(20)21)16(13)17-2/h7-8,11,14,17H,3-6,9-10,12H2,1-2H3. The van der Waals surface area contributed by atoms with E-state index in [4.69, 9.17) is 0 Å². The Balaban J connectivity index is 2.20. The van der Waals surface area contributed by atoms with Gasteiger partial charge in [-0.1, -0.05) is 38.3 Å². The molecular weight excluding hydrogens is 266 g/mol. The van der Waals surface area contributed by atoms with E-state index in [1.54, 1.807) is 19.2 Å². The van der Waals surface area contributed by atoms with E-state index in [-0.39, 0.29) is 10.6 Å². The predicted molar refractivity (Wildman–Crippen MR) is 85.6 cm³/mol. The second-order valence-electron chi connectivity index (χ2n) is 5.67. The first kappa shape index (κ1) is 15.8. The highest BCUT2D eigenvalue weighted by atomic mass is 16.6. The lowest BCUT2D eigenvalue weighted by atomic mass is 9.93. The highest BCUT2D eigenvalue weighted by Crippen LogP contribution is 2.30. The van der Waals surface area contributed by atoms with E-state index < -0.39 is 0 Å². The third-order valence-electron chi connectivity index (χ3n) is 4.45. The van der Waals surface area contributed by atoms with Crippen LogP contribution in [-0.4, -0.2) is 29.5 Å². The molecule has 1 aliphatic carbocycles. The van der Waals surface area contributed by atoms with Crippen LogP contribution in [0.5, 0.6) is 0 Å². The number of anilines is 1. The van der Waals surface area contributed by atoms with Crippen LogP contribution in [-0.2, 0) is 6.54 Å². The quantitative estimate of drug-likeness (QED) is 0.640. The molecule has 1 N–H and O–H groups in total. The Morgan fingerprint density at radius 3 is 2.62 bits per heavy atom. The van der Waals surface area contributed by atoms with Crippen molar-refractivity contribution in [3.8, 4) is 0 Å². The minimum atomic E-state index is -0.313. The number of nitro groups is 1. The Kier molecular flexibility index (Phi) is 5.56. The number of benzene rings is 1. The molecule has 0 amide bonds. The SMILES string of the molecule is CCN(Cc1cccc([N+](=O)[O-])c1NC)C1CCCCC1. The second kappa shape index (κ2) is 7.41. The molecule has 0 bridgehead atoms. The average Bonchev–Trinajstić information content (AvgIpc) is 2.52. The second-order valence-corrected chi connectivity index (χ2v) is 5.67. The molecule has 1 aromatic rings.